The number of hydrogen-bond acceptors (Lipinski definition) is 4. The van der Waals surface area contributed by atoms with Crippen molar-refractivity contribution < 1.29 is 4.74 Å². The van der Waals surface area contributed by atoms with Gasteiger partial charge in [0.15, 0.2) is 0 Å². The standard InChI is InChI=1S/C10H13BrClN3O/c1-7-5-15(6-9(2-11)16-7)10-13-3-8(12)4-14-10/h3-4,7,9H,2,5-6H2,1H3. The van der Waals surface area contributed by atoms with Gasteiger partial charge in [0.2, 0.25) is 5.95 Å². The summed E-state index contributed by atoms with van der Waals surface area (Å²) in [5, 5.41) is 1.38. The van der Waals surface area contributed by atoms with Crippen LogP contribution in [0.15, 0.2) is 12.4 Å². The minimum Gasteiger partial charge on any atom is -0.371 e. The monoisotopic (exact) mass is 305 g/mol. The Morgan fingerprint density at radius 3 is 2.81 bits per heavy atom. The molecule has 2 atom stereocenters. The van der Waals surface area contributed by atoms with E-state index >= 15 is 0 Å². The molecule has 0 radical (unpaired) electrons. The van der Waals surface area contributed by atoms with Crippen LogP contribution in [0.1, 0.15) is 6.92 Å². The van der Waals surface area contributed by atoms with Gasteiger partial charge in [0.1, 0.15) is 0 Å². The second kappa shape index (κ2) is 5.29. The third kappa shape index (κ3) is 2.84. The van der Waals surface area contributed by atoms with Crippen molar-refractivity contribution in [1.82, 2.24) is 9.97 Å². The average molecular weight is 307 g/mol. The van der Waals surface area contributed by atoms with Crippen LogP contribution in [0.25, 0.3) is 0 Å². The van der Waals surface area contributed by atoms with Crippen LogP contribution in [0.3, 0.4) is 0 Å². The molecule has 2 unspecified atom stereocenters. The van der Waals surface area contributed by atoms with Gasteiger partial charge in [-0.1, -0.05) is 27.5 Å². The second-order valence-corrected chi connectivity index (χ2v) is 4.91. The van der Waals surface area contributed by atoms with Gasteiger partial charge in [0.25, 0.3) is 0 Å². The van der Waals surface area contributed by atoms with Crippen molar-refractivity contribution in [2.24, 2.45) is 0 Å². The first kappa shape index (κ1) is 12.1. The molecular formula is C10H13BrClN3O. The van der Waals surface area contributed by atoms with E-state index in [-0.39, 0.29) is 12.2 Å². The zero-order valence-electron chi connectivity index (χ0n) is 8.94. The lowest BCUT2D eigenvalue weighted by atomic mass is 10.2. The summed E-state index contributed by atoms with van der Waals surface area (Å²) >= 11 is 9.20. The fourth-order valence-corrected chi connectivity index (χ4v) is 2.22. The number of nitrogens with zero attached hydrogens (tertiary/aromatic N) is 3. The number of halogens is 2. The summed E-state index contributed by atoms with van der Waals surface area (Å²) in [5.74, 6) is 0.713. The van der Waals surface area contributed by atoms with Crippen LogP contribution >= 0.6 is 27.5 Å². The molecule has 0 spiro atoms. The molecular weight excluding hydrogens is 293 g/mol. The van der Waals surface area contributed by atoms with Crippen LogP contribution in [0, 0.1) is 0 Å². The van der Waals surface area contributed by atoms with Crippen LogP contribution in [-0.4, -0.2) is 40.6 Å². The minimum absolute atomic E-state index is 0.183. The number of alkyl halides is 1. The van der Waals surface area contributed by atoms with Gasteiger partial charge >= 0.3 is 0 Å². The van der Waals surface area contributed by atoms with Gasteiger partial charge in [-0.05, 0) is 6.92 Å². The van der Waals surface area contributed by atoms with Gasteiger partial charge in [-0.15, -0.1) is 0 Å². The van der Waals surface area contributed by atoms with E-state index in [2.05, 4.69) is 37.7 Å². The fourth-order valence-electron chi connectivity index (χ4n) is 1.76. The van der Waals surface area contributed by atoms with Crippen LogP contribution in [0.5, 0.6) is 0 Å². The van der Waals surface area contributed by atoms with Crippen molar-refractivity contribution in [2.75, 3.05) is 23.3 Å². The predicted octanol–water partition coefficient (Wildman–Crippen LogP) is 2.12. The van der Waals surface area contributed by atoms with Crippen molar-refractivity contribution in [2.45, 2.75) is 19.1 Å². The number of anilines is 1. The summed E-state index contributed by atoms with van der Waals surface area (Å²) in [5.41, 5.74) is 0. The average Bonchev–Trinajstić information content (AvgIpc) is 2.29. The van der Waals surface area contributed by atoms with Crippen molar-refractivity contribution in [1.29, 1.82) is 0 Å². The molecule has 1 aliphatic heterocycles. The van der Waals surface area contributed by atoms with Gasteiger partial charge in [-0.3, -0.25) is 0 Å². The topological polar surface area (TPSA) is 38.2 Å². The van der Waals surface area contributed by atoms with Crippen molar-refractivity contribution in [3.8, 4) is 0 Å². The molecule has 6 heteroatoms. The molecule has 1 aromatic heterocycles. The molecule has 1 aliphatic rings. The van der Waals surface area contributed by atoms with E-state index in [9.17, 15) is 0 Å². The maximum Gasteiger partial charge on any atom is 0.225 e. The normalized spacial score (nSPS) is 25.8. The Kier molecular flexibility index (Phi) is 4.00. The lowest BCUT2D eigenvalue weighted by Gasteiger charge is -2.36. The van der Waals surface area contributed by atoms with E-state index in [0.717, 1.165) is 18.4 Å². The first-order valence-electron chi connectivity index (χ1n) is 5.13. The molecule has 0 bridgehead atoms. The van der Waals surface area contributed by atoms with Crippen LogP contribution < -0.4 is 4.90 Å². The molecule has 16 heavy (non-hydrogen) atoms. The number of morpholine rings is 1. The lowest BCUT2D eigenvalue weighted by Crippen LogP contribution is -2.48. The lowest BCUT2D eigenvalue weighted by molar-refractivity contribution is -0.00249. The Morgan fingerprint density at radius 2 is 2.19 bits per heavy atom. The highest BCUT2D eigenvalue weighted by Gasteiger charge is 2.25. The van der Waals surface area contributed by atoms with E-state index in [0.29, 0.717) is 11.0 Å². The van der Waals surface area contributed by atoms with Crippen molar-refractivity contribution >= 4 is 33.5 Å². The molecule has 4 nitrogen and oxygen atoms in total. The quantitative estimate of drug-likeness (QED) is 0.785. The largest absolute Gasteiger partial charge is 0.371 e. The van der Waals surface area contributed by atoms with Gasteiger partial charge in [-0.2, -0.15) is 0 Å². The number of rotatable bonds is 2. The fraction of sp³-hybridized carbons (Fsp3) is 0.600. The Labute approximate surface area is 108 Å². The highest BCUT2D eigenvalue weighted by molar-refractivity contribution is 9.09. The first-order chi connectivity index (χ1) is 7.69. The molecule has 0 saturated carbocycles. The number of aromatic nitrogens is 2. The minimum atomic E-state index is 0.183. The summed E-state index contributed by atoms with van der Waals surface area (Å²) in [6.07, 6.45) is 3.61. The summed E-state index contributed by atoms with van der Waals surface area (Å²) < 4.78 is 5.74. The van der Waals surface area contributed by atoms with E-state index < -0.39 is 0 Å². The molecule has 1 saturated heterocycles. The molecule has 0 N–H and O–H groups in total. The Balaban J connectivity index is 2.11. The van der Waals surface area contributed by atoms with Crippen LogP contribution in [0.4, 0.5) is 5.95 Å². The van der Waals surface area contributed by atoms with Gasteiger partial charge in [-0.25, -0.2) is 9.97 Å². The molecule has 0 aliphatic carbocycles. The Hall–Kier alpha value is -0.390. The third-order valence-electron chi connectivity index (χ3n) is 2.39. The zero-order valence-corrected chi connectivity index (χ0v) is 11.3. The van der Waals surface area contributed by atoms with Crippen LogP contribution in [-0.2, 0) is 4.74 Å². The third-order valence-corrected chi connectivity index (χ3v) is 3.31. The molecule has 0 amide bonds. The van der Waals surface area contributed by atoms with E-state index in [4.69, 9.17) is 16.3 Å². The molecule has 2 rings (SSSR count). The summed E-state index contributed by atoms with van der Waals surface area (Å²) in [6, 6.07) is 0. The van der Waals surface area contributed by atoms with Crippen LogP contribution in [0.2, 0.25) is 5.02 Å². The molecule has 2 heterocycles. The zero-order chi connectivity index (χ0) is 11.5. The number of ether oxygens (including phenoxy) is 1. The first-order valence-corrected chi connectivity index (χ1v) is 6.63. The summed E-state index contributed by atoms with van der Waals surface area (Å²) in [7, 11) is 0. The summed E-state index contributed by atoms with van der Waals surface area (Å²) in [4.78, 5) is 10.6. The van der Waals surface area contributed by atoms with E-state index in [1.807, 2.05) is 0 Å². The van der Waals surface area contributed by atoms with E-state index in [1.165, 1.54) is 0 Å². The Bertz CT molecular complexity index is 348. The van der Waals surface area contributed by atoms with Crippen molar-refractivity contribution in [3.63, 3.8) is 0 Å². The van der Waals surface area contributed by atoms with Gasteiger partial charge < -0.3 is 9.64 Å². The second-order valence-electron chi connectivity index (χ2n) is 3.83. The molecule has 1 fully saturated rings. The molecule has 0 aromatic carbocycles. The highest BCUT2D eigenvalue weighted by Crippen LogP contribution is 2.18. The maximum atomic E-state index is 5.76. The Morgan fingerprint density at radius 1 is 1.50 bits per heavy atom. The maximum absolute atomic E-state index is 5.76. The van der Waals surface area contributed by atoms with Crippen molar-refractivity contribution in [3.05, 3.63) is 17.4 Å². The highest BCUT2D eigenvalue weighted by atomic mass is 79.9. The predicted molar refractivity (Wildman–Crippen MR) is 67.4 cm³/mol. The number of hydrogen-bond donors (Lipinski definition) is 0. The van der Waals surface area contributed by atoms with Gasteiger partial charge in [0, 0.05) is 18.4 Å². The SMILES string of the molecule is CC1CN(c2ncc(Cl)cn2)CC(CBr)O1. The van der Waals surface area contributed by atoms with Gasteiger partial charge in [0.05, 0.1) is 29.6 Å². The molecule has 1 aromatic rings. The smallest absolute Gasteiger partial charge is 0.225 e. The molecule has 88 valence electrons. The summed E-state index contributed by atoms with van der Waals surface area (Å²) in [6.45, 7) is 3.67. The van der Waals surface area contributed by atoms with E-state index in [1.54, 1.807) is 12.4 Å².